The van der Waals surface area contributed by atoms with Crippen molar-refractivity contribution in [2.45, 2.75) is 32.9 Å². The number of hydrogen-bond acceptors (Lipinski definition) is 1. The first-order chi connectivity index (χ1) is 15.6. The summed E-state index contributed by atoms with van der Waals surface area (Å²) in [6, 6.07) is 12.6. The Bertz CT molecular complexity index is 1430. The molecule has 0 aromatic heterocycles. The maximum absolute atomic E-state index is 13.8. The Balaban J connectivity index is 1.94. The maximum atomic E-state index is 13.8. The van der Waals surface area contributed by atoms with Crippen molar-refractivity contribution in [3.8, 4) is 11.1 Å². The van der Waals surface area contributed by atoms with Gasteiger partial charge in [-0.3, -0.25) is 0 Å². The molecule has 0 amide bonds. The van der Waals surface area contributed by atoms with Gasteiger partial charge in [-0.2, -0.15) is 13.2 Å². The fourth-order valence-electron chi connectivity index (χ4n) is 5.05. The number of alkyl halides is 3. The molecule has 3 aromatic carbocycles. The number of benzene rings is 3. The van der Waals surface area contributed by atoms with E-state index in [1.165, 1.54) is 0 Å². The van der Waals surface area contributed by atoms with Gasteiger partial charge in [0.25, 0.3) is 0 Å². The van der Waals surface area contributed by atoms with Crippen LogP contribution in [0.4, 0.5) is 13.2 Å². The highest BCUT2D eigenvalue weighted by molar-refractivity contribution is 6.31. The van der Waals surface area contributed by atoms with Crippen molar-refractivity contribution in [3.05, 3.63) is 88.0 Å². The lowest BCUT2D eigenvalue weighted by Gasteiger charge is -2.36. The molecule has 0 spiro atoms. The molecule has 1 nitrogen and oxygen atoms in total. The summed E-state index contributed by atoms with van der Waals surface area (Å²) in [7, 11) is 0. The van der Waals surface area contributed by atoms with E-state index in [-0.39, 0.29) is 5.41 Å². The third-order valence-electron chi connectivity index (χ3n) is 6.70. The van der Waals surface area contributed by atoms with Crippen molar-refractivity contribution in [2.75, 3.05) is 0 Å². The van der Waals surface area contributed by atoms with Crippen LogP contribution in [-0.2, 0) is 11.0 Å². The molecule has 0 radical (unpaired) electrons. The standard InChI is InChI=1S/C28H20ClF3O/c1-27(2)10-4-7-21-22-9-8-17-11-19(28(30,31)32)14-23(16-5-3-6-20(29)12-16)25(17)26(22)18(15-33)13-24(21)27/h3-9,11-12,14H,10,13H2,1-2H3. The first-order valence-corrected chi connectivity index (χ1v) is 11.1. The van der Waals surface area contributed by atoms with Crippen LogP contribution in [0.2, 0.25) is 5.02 Å². The van der Waals surface area contributed by atoms with Crippen LogP contribution in [-0.4, -0.2) is 5.94 Å². The zero-order chi connectivity index (χ0) is 23.5. The average Bonchev–Trinajstić information content (AvgIpc) is 2.76. The minimum absolute atomic E-state index is 0.116. The predicted molar refractivity (Wildman–Crippen MR) is 128 cm³/mol. The molecule has 0 saturated carbocycles. The van der Waals surface area contributed by atoms with Gasteiger partial charge in [0.05, 0.1) is 5.56 Å². The third-order valence-corrected chi connectivity index (χ3v) is 6.94. The number of rotatable bonds is 1. The van der Waals surface area contributed by atoms with Crippen LogP contribution in [0.1, 0.15) is 43.4 Å². The summed E-state index contributed by atoms with van der Waals surface area (Å²) in [4.78, 5) is 12.2. The van der Waals surface area contributed by atoms with Gasteiger partial charge in [0, 0.05) is 22.6 Å². The van der Waals surface area contributed by atoms with Crippen molar-refractivity contribution in [3.63, 3.8) is 0 Å². The zero-order valence-corrected chi connectivity index (χ0v) is 18.9. The monoisotopic (exact) mass is 464 g/mol. The molecule has 166 valence electrons. The minimum Gasteiger partial charge on any atom is -0.233 e. The maximum Gasteiger partial charge on any atom is 0.416 e. The van der Waals surface area contributed by atoms with Crippen LogP contribution in [0, 0.1) is 5.41 Å². The second-order valence-corrected chi connectivity index (χ2v) is 9.69. The van der Waals surface area contributed by atoms with E-state index in [4.69, 9.17) is 11.6 Å². The normalized spacial score (nSPS) is 17.1. The fraction of sp³-hybridized carbons (Fsp3) is 0.214. The van der Waals surface area contributed by atoms with E-state index in [0.29, 0.717) is 44.5 Å². The van der Waals surface area contributed by atoms with E-state index in [1.807, 2.05) is 6.07 Å². The number of allylic oxidation sites excluding steroid dienone is 5. The number of halogens is 4. The van der Waals surface area contributed by atoms with Gasteiger partial charge < -0.3 is 0 Å². The van der Waals surface area contributed by atoms with E-state index in [1.54, 1.807) is 30.3 Å². The Hall–Kier alpha value is -3.07. The predicted octanol–water partition coefficient (Wildman–Crippen LogP) is 8.54. The van der Waals surface area contributed by atoms with Gasteiger partial charge >= 0.3 is 6.18 Å². The van der Waals surface area contributed by atoms with Crippen LogP contribution in [0.25, 0.3) is 33.0 Å². The molecule has 0 heterocycles. The summed E-state index contributed by atoms with van der Waals surface area (Å²) in [5, 5.41) is 1.47. The molecule has 33 heavy (non-hydrogen) atoms. The molecule has 0 N–H and O–H groups in total. The lowest BCUT2D eigenvalue weighted by molar-refractivity contribution is -0.137. The molecule has 0 aliphatic heterocycles. The molecule has 0 fully saturated rings. The zero-order valence-electron chi connectivity index (χ0n) is 18.1. The quantitative estimate of drug-likeness (QED) is 0.330. The molecule has 0 saturated heterocycles. The molecular weight excluding hydrogens is 445 g/mol. The highest BCUT2D eigenvalue weighted by Gasteiger charge is 2.36. The Morgan fingerprint density at radius 1 is 1.03 bits per heavy atom. The second kappa shape index (κ2) is 7.48. The summed E-state index contributed by atoms with van der Waals surface area (Å²) >= 11 is 6.19. The summed E-state index contributed by atoms with van der Waals surface area (Å²) in [5.74, 6) is 2.12. The SMILES string of the molecule is CC1(C)CC=CC2=C1CC(=C=O)c1c2ccc2cc(C(F)(F)F)cc(-c3cccc(Cl)c3)c12. The van der Waals surface area contributed by atoms with Gasteiger partial charge in [-0.1, -0.05) is 67.4 Å². The number of carbonyl (C=O) groups excluding carboxylic acids is 1. The molecule has 0 bridgehead atoms. The van der Waals surface area contributed by atoms with Crippen molar-refractivity contribution < 1.29 is 18.0 Å². The summed E-state index contributed by atoms with van der Waals surface area (Å²) in [6.45, 7) is 4.29. The van der Waals surface area contributed by atoms with Crippen LogP contribution in [0.15, 0.2) is 66.3 Å². The van der Waals surface area contributed by atoms with E-state index in [0.717, 1.165) is 35.3 Å². The van der Waals surface area contributed by atoms with Gasteiger partial charge in [-0.05, 0) is 69.1 Å². The van der Waals surface area contributed by atoms with Crippen molar-refractivity contribution in [1.82, 2.24) is 0 Å². The van der Waals surface area contributed by atoms with Crippen LogP contribution in [0.5, 0.6) is 0 Å². The van der Waals surface area contributed by atoms with Crippen LogP contribution < -0.4 is 0 Å². The molecule has 0 atom stereocenters. The molecular formula is C28H20ClF3O. The van der Waals surface area contributed by atoms with Crippen LogP contribution in [0.3, 0.4) is 0 Å². The molecule has 0 unspecified atom stereocenters. The van der Waals surface area contributed by atoms with Gasteiger partial charge in [0.2, 0.25) is 0 Å². The first-order valence-electron chi connectivity index (χ1n) is 10.7. The van der Waals surface area contributed by atoms with E-state index in [9.17, 15) is 18.0 Å². The molecule has 2 aliphatic rings. The Morgan fingerprint density at radius 2 is 1.82 bits per heavy atom. The van der Waals surface area contributed by atoms with Gasteiger partial charge in [0.1, 0.15) is 5.94 Å². The van der Waals surface area contributed by atoms with Crippen molar-refractivity contribution in [1.29, 1.82) is 0 Å². The minimum atomic E-state index is -4.51. The summed E-state index contributed by atoms with van der Waals surface area (Å²) in [5.41, 5.74) is 4.30. The summed E-state index contributed by atoms with van der Waals surface area (Å²) in [6.07, 6.45) is 0.970. The van der Waals surface area contributed by atoms with Gasteiger partial charge in [-0.15, -0.1) is 0 Å². The lowest BCUT2D eigenvalue weighted by atomic mass is 9.67. The highest BCUT2D eigenvalue weighted by Crippen LogP contribution is 2.52. The van der Waals surface area contributed by atoms with Crippen LogP contribution >= 0.6 is 11.6 Å². The van der Waals surface area contributed by atoms with E-state index < -0.39 is 11.7 Å². The highest BCUT2D eigenvalue weighted by atomic mass is 35.5. The first kappa shape index (κ1) is 21.8. The topological polar surface area (TPSA) is 17.1 Å². The van der Waals surface area contributed by atoms with E-state index >= 15 is 0 Å². The summed E-state index contributed by atoms with van der Waals surface area (Å²) < 4.78 is 41.3. The van der Waals surface area contributed by atoms with Crippen molar-refractivity contribution in [2.24, 2.45) is 5.41 Å². The fourth-order valence-corrected chi connectivity index (χ4v) is 5.24. The van der Waals surface area contributed by atoms with Gasteiger partial charge in [-0.25, -0.2) is 4.79 Å². The lowest BCUT2D eigenvalue weighted by Crippen LogP contribution is -2.21. The molecule has 5 heteroatoms. The second-order valence-electron chi connectivity index (χ2n) is 9.26. The average molecular weight is 465 g/mol. The largest absolute Gasteiger partial charge is 0.416 e. The smallest absolute Gasteiger partial charge is 0.233 e. The van der Waals surface area contributed by atoms with Gasteiger partial charge in [0.15, 0.2) is 0 Å². The molecule has 2 aliphatic carbocycles. The Kier molecular flexibility index (Phi) is 4.93. The van der Waals surface area contributed by atoms with Crippen molar-refractivity contribution >= 4 is 39.5 Å². The molecule has 3 aromatic rings. The molecule has 5 rings (SSSR count). The number of fused-ring (bicyclic) bond motifs is 4. The Morgan fingerprint density at radius 3 is 2.52 bits per heavy atom. The third kappa shape index (κ3) is 3.55. The van der Waals surface area contributed by atoms with E-state index in [2.05, 4.69) is 31.9 Å². The Labute approximate surface area is 194 Å². The number of hydrogen-bond donors (Lipinski definition) is 0.